The Morgan fingerprint density at radius 1 is 1.15 bits per heavy atom. The number of nitrogens with one attached hydrogen (secondary N) is 2. The molecule has 2 aliphatic rings. The van der Waals surface area contributed by atoms with Gasteiger partial charge in [0.05, 0.1) is 19.0 Å². The van der Waals surface area contributed by atoms with Gasteiger partial charge in [0, 0.05) is 43.4 Å². The molecule has 3 aromatic rings. The van der Waals surface area contributed by atoms with Crippen molar-refractivity contribution in [2.24, 2.45) is 0 Å². The van der Waals surface area contributed by atoms with Gasteiger partial charge in [0.25, 0.3) is 0 Å². The monoisotopic (exact) mass is 448 g/mol. The van der Waals surface area contributed by atoms with Crippen LogP contribution in [0.3, 0.4) is 0 Å². The number of hydrogen-bond acceptors (Lipinski definition) is 6. The molecular formula is C25H32N6O2. The Morgan fingerprint density at radius 3 is 2.85 bits per heavy atom. The van der Waals surface area contributed by atoms with Crippen LogP contribution in [-0.4, -0.2) is 70.7 Å². The summed E-state index contributed by atoms with van der Waals surface area (Å²) in [5.74, 6) is 2.26. The zero-order chi connectivity index (χ0) is 22.6. The Kier molecular flexibility index (Phi) is 6.44. The number of ether oxygens (including phenoxy) is 1. The number of carbonyl (C=O) groups excluding carboxylic acids is 1. The molecule has 2 N–H and O–H groups in total. The summed E-state index contributed by atoms with van der Waals surface area (Å²) in [6.07, 6.45) is 4.46. The first kappa shape index (κ1) is 21.7. The van der Waals surface area contributed by atoms with Crippen molar-refractivity contribution in [2.45, 2.75) is 38.1 Å². The van der Waals surface area contributed by atoms with Crippen molar-refractivity contribution in [3.8, 4) is 5.75 Å². The zero-order valence-corrected chi connectivity index (χ0v) is 19.2. The average Bonchev–Trinajstić information content (AvgIpc) is 3.53. The number of anilines is 1. The van der Waals surface area contributed by atoms with Gasteiger partial charge in [-0.2, -0.15) is 5.10 Å². The smallest absolute Gasteiger partial charge is 0.236 e. The van der Waals surface area contributed by atoms with E-state index in [0.29, 0.717) is 19.0 Å². The zero-order valence-electron chi connectivity index (χ0n) is 19.2. The maximum atomic E-state index is 12.6. The predicted octanol–water partition coefficient (Wildman–Crippen LogP) is 3.38. The molecule has 5 rings (SSSR count). The van der Waals surface area contributed by atoms with Crippen LogP contribution in [-0.2, 0) is 11.3 Å². The van der Waals surface area contributed by atoms with Gasteiger partial charge in [0.1, 0.15) is 5.75 Å². The molecule has 4 heterocycles. The van der Waals surface area contributed by atoms with Crippen LogP contribution in [0.4, 0.5) is 5.82 Å². The summed E-state index contributed by atoms with van der Waals surface area (Å²) >= 11 is 0. The number of hydrogen-bond donors (Lipinski definition) is 2. The SMILES string of the molecule is COc1ccccc1CNc1n[nH]c2nc([C@H]3CCCN(CC(=O)N4CCCC4)C3)ccc12. The van der Waals surface area contributed by atoms with Gasteiger partial charge in [-0.25, -0.2) is 4.98 Å². The first-order valence-corrected chi connectivity index (χ1v) is 11.9. The number of aromatic amines is 1. The molecular weight excluding hydrogens is 416 g/mol. The minimum absolute atomic E-state index is 0.274. The average molecular weight is 449 g/mol. The summed E-state index contributed by atoms with van der Waals surface area (Å²) in [5, 5.41) is 11.9. The molecule has 2 saturated heterocycles. The van der Waals surface area contributed by atoms with Gasteiger partial charge < -0.3 is 15.0 Å². The molecule has 0 unspecified atom stereocenters. The van der Waals surface area contributed by atoms with Crippen molar-refractivity contribution < 1.29 is 9.53 Å². The maximum absolute atomic E-state index is 12.6. The number of rotatable bonds is 7. The summed E-state index contributed by atoms with van der Waals surface area (Å²) in [7, 11) is 1.68. The second kappa shape index (κ2) is 9.79. The molecule has 0 radical (unpaired) electrons. The first-order chi connectivity index (χ1) is 16.2. The molecule has 0 aliphatic carbocycles. The van der Waals surface area contributed by atoms with Gasteiger partial charge in [-0.1, -0.05) is 18.2 Å². The topological polar surface area (TPSA) is 86.4 Å². The van der Waals surface area contributed by atoms with E-state index in [1.165, 1.54) is 0 Å². The van der Waals surface area contributed by atoms with Crippen LogP contribution >= 0.6 is 0 Å². The number of methoxy groups -OCH3 is 1. The molecule has 1 amide bonds. The van der Waals surface area contributed by atoms with Crippen LogP contribution in [0.15, 0.2) is 36.4 Å². The fourth-order valence-electron chi connectivity index (χ4n) is 5.01. The van der Waals surface area contributed by atoms with Crippen LogP contribution < -0.4 is 10.1 Å². The van der Waals surface area contributed by atoms with Crippen molar-refractivity contribution in [3.63, 3.8) is 0 Å². The summed E-state index contributed by atoms with van der Waals surface area (Å²) in [4.78, 5) is 21.8. The van der Waals surface area contributed by atoms with Crippen molar-refractivity contribution in [1.82, 2.24) is 25.0 Å². The minimum Gasteiger partial charge on any atom is -0.496 e. The van der Waals surface area contributed by atoms with Gasteiger partial charge in [-0.3, -0.25) is 14.8 Å². The van der Waals surface area contributed by atoms with E-state index in [1.54, 1.807) is 7.11 Å². The fraction of sp³-hybridized carbons (Fsp3) is 0.480. The Morgan fingerprint density at radius 2 is 2.00 bits per heavy atom. The lowest BCUT2D eigenvalue weighted by Crippen LogP contribution is -2.43. The highest BCUT2D eigenvalue weighted by atomic mass is 16.5. The standard InChI is InChI=1S/C25H32N6O2/c1-33-22-9-3-2-7-18(22)15-26-24-20-10-11-21(27-25(20)29-28-24)19-8-6-12-30(16-19)17-23(32)31-13-4-5-14-31/h2-3,7,9-11,19H,4-6,8,12-17H2,1H3,(H2,26,27,28,29)/t19-/m0/s1. The lowest BCUT2D eigenvalue weighted by Gasteiger charge is -2.33. The molecule has 8 heteroatoms. The Hall–Kier alpha value is -3.13. The van der Waals surface area contributed by atoms with E-state index in [4.69, 9.17) is 9.72 Å². The third-order valence-corrected chi connectivity index (χ3v) is 6.83. The number of nitrogens with zero attached hydrogens (tertiary/aromatic N) is 4. The van der Waals surface area contributed by atoms with Gasteiger partial charge in [-0.15, -0.1) is 0 Å². The van der Waals surface area contributed by atoms with Crippen LogP contribution in [0.2, 0.25) is 0 Å². The predicted molar refractivity (Wildman–Crippen MR) is 128 cm³/mol. The van der Waals surface area contributed by atoms with Crippen molar-refractivity contribution >= 4 is 22.8 Å². The molecule has 1 aromatic carbocycles. The molecule has 174 valence electrons. The van der Waals surface area contributed by atoms with Crippen LogP contribution in [0.5, 0.6) is 5.75 Å². The number of piperidine rings is 1. The third-order valence-electron chi connectivity index (χ3n) is 6.83. The number of aromatic nitrogens is 3. The van der Waals surface area contributed by atoms with Crippen molar-refractivity contribution in [2.75, 3.05) is 45.2 Å². The van der Waals surface area contributed by atoms with E-state index < -0.39 is 0 Å². The van der Waals surface area contributed by atoms with Crippen molar-refractivity contribution in [1.29, 1.82) is 0 Å². The van der Waals surface area contributed by atoms with Crippen LogP contribution in [0, 0.1) is 0 Å². The number of carbonyl (C=O) groups is 1. The molecule has 33 heavy (non-hydrogen) atoms. The third kappa shape index (κ3) is 4.80. The highest BCUT2D eigenvalue weighted by molar-refractivity contribution is 5.87. The van der Waals surface area contributed by atoms with Gasteiger partial charge in [0.2, 0.25) is 5.91 Å². The van der Waals surface area contributed by atoms with Crippen LogP contribution in [0.25, 0.3) is 11.0 Å². The second-order valence-corrected chi connectivity index (χ2v) is 9.03. The van der Waals surface area contributed by atoms with E-state index in [0.717, 1.165) is 85.7 Å². The Labute approximate surface area is 194 Å². The number of para-hydroxylation sites is 1. The van der Waals surface area contributed by atoms with Gasteiger partial charge >= 0.3 is 0 Å². The normalized spacial score (nSPS) is 19.2. The summed E-state index contributed by atoms with van der Waals surface area (Å²) in [6.45, 7) is 4.85. The number of benzene rings is 1. The van der Waals surface area contributed by atoms with Gasteiger partial charge in [-0.05, 0) is 50.4 Å². The minimum atomic E-state index is 0.274. The molecule has 0 saturated carbocycles. The molecule has 1 atom stereocenters. The van der Waals surface area contributed by atoms with E-state index >= 15 is 0 Å². The number of likely N-dealkylation sites (tertiary alicyclic amines) is 2. The largest absolute Gasteiger partial charge is 0.496 e. The Bertz CT molecular complexity index is 1110. The highest BCUT2D eigenvalue weighted by Gasteiger charge is 2.26. The number of pyridine rings is 1. The van der Waals surface area contributed by atoms with E-state index in [-0.39, 0.29) is 5.91 Å². The Balaban J connectivity index is 1.24. The maximum Gasteiger partial charge on any atom is 0.236 e. The lowest BCUT2D eigenvalue weighted by molar-refractivity contribution is -0.131. The summed E-state index contributed by atoms with van der Waals surface area (Å²) < 4.78 is 5.44. The van der Waals surface area contributed by atoms with E-state index in [2.05, 4.69) is 32.5 Å². The fourth-order valence-corrected chi connectivity index (χ4v) is 5.01. The molecule has 2 aromatic heterocycles. The summed E-state index contributed by atoms with van der Waals surface area (Å²) in [5.41, 5.74) is 2.94. The van der Waals surface area contributed by atoms with Crippen molar-refractivity contribution in [3.05, 3.63) is 47.7 Å². The van der Waals surface area contributed by atoms with E-state index in [1.807, 2.05) is 29.2 Å². The highest BCUT2D eigenvalue weighted by Crippen LogP contribution is 2.29. The molecule has 8 nitrogen and oxygen atoms in total. The number of amides is 1. The lowest BCUT2D eigenvalue weighted by atomic mass is 9.94. The summed E-state index contributed by atoms with van der Waals surface area (Å²) in [6, 6.07) is 12.2. The molecule has 0 spiro atoms. The molecule has 2 fully saturated rings. The van der Waals surface area contributed by atoms with Crippen LogP contribution in [0.1, 0.15) is 42.9 Å². The first-order valence-electron chi connectivity index (χ1n) is 11.9. The van der Waals surface area contributed by atoms with E-state index in [9.17, 15) is 4.79 Å². The second-order valence-electron chi connectivity index (χ2n) is 9.03. The quantitative estimate of drug-likeness (QED) is 0.576. The number of fused-ring (bicyclic) bond motifs is 1. The van der Waals surface area contributed by atoms with Gasteiger partial charge in [0.15, 0.2) is 11.5 Å². The number of H-pyrrole nitrogens is 1. The molecule has 0 bridgehead atoms. The molecule has 2 aliphatic heterocycles.